The molecule has 4 nitrogen and oxygen atoms in total. The van der Waals surface area contributed by atoms with E-state index in [4.69, 9.17) is 0 Å². The maximum absolute atomic E-state index is 13.3. The van der Waals surface area contributed by atoms with Gasteiger partial charge < -0.3 is 5.11 Å². The van der Waals surface area contributed by atoms with Crippen molar-refractivity contribution in [3.05, 3.63) is 106 Å². The van der Waals surface area contributed by atoms with Crippen LogP contribution in [0.5, 0.6) is 0 Å². The maximum atomic E-state index is 13.3. The highest BCUT2D eigenvalue weighted by atomic mass is 79.9. The van der Waals surface area contributed by atoms with E-state index in [0.717, 1.165) is 0 Å². The highest BCUT2D eigenvalue weighted by Gasteiger charge is 2.39. The van der Waals surface area contributed by atoms with Crippen molar-refractivity contribution in [2.45, 2.75) is 5.60 Å². The van der Waals surface area contributed by atoms with E-state index in [9.17, 15) is 14.3 Å². The molecule has 0 heterocycles. The summed E-state index contributed by atoms with van der Waals surface area (Å²) in [5.74, 6) is -1.09. The van der Waals surface area contributed by atoms with Gasteiger partial charge in [0.15, 0.2) is 5.60 Å². The fourth-order valence-corrected chi connectivity index (χ4v) is 3.02. The molecule has 3 aromatic rings. The number of rotatable bonds is 5. The zero-order valence-corrected chi connectivity index (χ0v) is 15.7. The molecule has 3 rings (SSSR count). The molecule has 2 N–H and O–H groups in total. The first-order chi connectivity index (χ1) is 13.0. The lowest BCUT2D eigenvalue weighted by Gasteiger charge is -2.27. The molecule has 6 heteroatoms. The molecular formula is C21H16BrFN2O2. The Bertz CT molecular complexity index is 923. The van der Waals surface area contributed by atoms with Gasteiger partial charge in [0.2, 0.25) is 0 Å². The second-order valence-corrected chi connectivity index (χ2v) is 6.67. The predicted molar refractivity (Wildman–Crippen MR) is 106 cm³/mol. The lowest BCUT2D eigenvalue weighted by atomic mass is 9.85. The van der Waals surface area contributed by atoms with Crippen LogP contribution in [-0.2, 0) is 10.4 Å². The molecule has 0 saturated carbocycles. The summed E-state index contributed by atoms with van der Waals surface area (Å²) in [5.41, 5.74) is 1.91. The third-order valence-electron chi connectivity index (χ3n) is 4.04. The lowest BCUT2D eigenvalue weighted by molar-refractivity contribution is -0.136. The molecule has 1 amide bonds. The lowest BCUT2D eigenvalue weighted by Crippen LogP contribution is -2.43. The van der Waals surface area contributed by atoms with Crippen molar-refractivity contribution >= 4 is 28.1 Å². The van der Waals surface area contributed by atoms with E-state index in [1.165, 1.54) is 24.4 Å². The molecule has 0 aliphatic carbocycles. The number of carbonyl (C=O) groups is 1. The summed E-state index contributed by atoms with van der Waals surface area (Å²) >= 11 is 3.10. The fourth-order valence-electron chi connectivity index (χ4n) is 2.63. The van der Waals surface area contributed by atoms with E-state index in [1.807, 2.05) is 0 Å². The quantitative estimate of drug-likeness (QED) is 0.478. The molecule has 0 radical (unpaired) electrons. The first-order valence-electron chi connectivity index (χ1n) is 8.14. The van der Waals surface area contributed by atoms with Crippen LogP contribution >= 0.6 is 15.9 Å². The minimum atomic E-state index is -1.90. The van der Waals surface area contributed by atoms with Gasteiger partial charge in [0.05, 0.1) is 10.7 Å². The number of hydrogen-bond donors (Lipinski definition) is 2. The van der Waals surface area contributed by atoms with Crippen molar-refractivity contribution in [2.75, 3.05) is 0 Å². The van der Waals surface area contributed by atoms with Gasteiger partial charge in [-0.2, -0.15) is 5.10 Å². The minimum absolute atomic E-state index is 0.294. The molecular weight excluding hydrogens is 411 g/mol. The summed E-state index contributed by atoms with van der Waals surface area (Å²) in [4.78, 5) is 12.8. The van der Waals surface area contributed by atoms with Crippen molar-refractivity contribution < 1.29 is 14.3 Å². The van der Waals surface area contributed by atoms with E-state index >= 15 is 0 Å². The number of amides is 1. The highest BCUT2D eigenvalue weighted by Crippen LogP contribution is 2.29. The molecule has 0 fully saturated rings. The van der Waals surface area contributed by atoms with Gasteiger partial charge in [-0.15, -0.1) is 0 Å². The Morgan fingerprint density at radius 1 is 1.00 bits per heavy atom. The van der Waals surface area contributed by atoms with Crippen LogP contribution < -0.4 is 5.43 Å². The summed E-state index contributed by atoms with van der Waals surface area (Å²) in [6, 6.07) is 21.6. The monoisotopic (exact) mass is 426 g/mol. The molecule has 0 aliphatic rings. The standard InChI is InChI=1S/C21H16BrFN2O2/c22-18-13-15(11-12-19(18)23)14-24-25-20(26)21(27,16-7-3-1-4-8-16)17-9-5-2-6-10-17/h1-14,27H,(H,25,26)/b24-14+. The Labute approximate surface area is 164 Å². The van der Waals surface area contributed by atoms with Crippen molar-refractivity contribution in [2.24, 2.45) is 5.10 Å². The number of aliphatic hydroxyl groups is 1. The zero-order valence-electron chi connectivity index (χ0n) is 14.1. The number of benzene rings is 3. The van der Waals surface area contributed by atoms with Crippen LogP contribution in [0.15, 0.2) is 88.4 Å². The second kappa shape index (κ2) is 8.24. The third kappa shape index (κ3) is 4.13. The Balaban J connectivity index is 1.88. The van der Waals surface area contributed by atoms with Gasteiger partial charge in [-0.05, 0) is 44.8 Å². The maximum Gasteiger partial charge on any atom is 0.281 e. The number of carbonyl (C=O) groups excluding carboxylic acids is 1. The van der Waals surface area contributed by atoms with Crippen LogP contribution in [0.2, 0.25) is 0 Å². The average Bonchev–Trinajstić information content (AvgIpc) is 2.71. The number of hydrazone groups is 1. The van der Waals surface area contributed by atoms with Crippen LogP contribution in [0.3, 0.4) is 0 Å². The van der Waals surface area contributed by atoms with Crippen molar-refractivity contribution in [3.63, 3.8) is 0 Å². The topological polar surface area (TPSA) is 61.7 Å². The van der Waals surface area contributed by atoms with E-state index in [0.29, 0.717) is 21.2 Å². The molecule has 27 heavy (non-hydrogen) atoms. The third-order valence-corrected chi connectivity index (χ3v) is 4.64. The molecule has 0 unspecified atom stereocenters. The van der Waals surface area contributed by atoms with E-state index in [2.05, 4.69) is 26.5 Å². The first kappa shape index (κ1) is 18.9. The van der Waals surface area contributed by atoms with Crippen LogP contribution in [0, 0.1) is 5.82 Å². The van der Waals surface area contributed by atoms with Gasteiger partial charge in [-0.25, -0.2) is 9.82 Å². The normalized spacial score (nSPS) is 11.5. The molecule has 0 saturated heterocycles. The van der Waals surface area contributed by atoms with Crippen molar-refractivity contribution in [1.82, 2.24) is 5.43 Å². The summed E-state index contributed by atoms with van der Waals surface area (Å²) in [5, 5.41) is 15.2. The van der Waals surface area contributed by atoms with E-state index in [-0.39, 0.29) is 0 Å². The Kier molecular flexibility index (Phi) is 5.78. The minimum Gasteiger partial charge on any atom is -0.372 e. The molecule has 136 valence electrons. The molecule has 0 aromatic heterocycles. The smallest absolute Gasteiger partial charge is 0.281 e. The van der Waals surface area contributed by atoms with Gasteiger partial charge in [-0.1, -0.05) is 66.7 Å². The van der Waals surface area contributed by atoms with E-state index in [1.54, 1.807) is 60.7 Å². The molecule has 0 spiro atoms. The number of nitrogens with one attached hydrogen (secondary N) is 1. The van der Waals surface area contributed by atoms with Gasteiger partial charge in [0.25, 0.3) is 5.91 Å². The first-order valence-corrected chi connectivity index (χ1v) is 8.93. The van der Waals surface area contributed by atoms with Gasteiger partial charge >= 0.3 is 0 Å². The SMILES string of the molecule is O=C(N/N=C/c1ccc(F)c(Br)c1)C(O)(c1ccccc1)c1ccccc1. The molecule has 0 aliphatic heterocycles. The summed E-state index contributed by atoms with van der Waals surface area (Å²) in [7, 11) is 0. The van der Waals surface area contributed by atoms with Crippen LogP contribution in [0.25, 0.3) is 0 Å². The highest BCUT2D eigenvalue weighted by molar-refractivity contribution is 9.10. The van der Waals surface area contributed by atoms with Crippen molar-refractivity contribution in [1.29, 1.82) is 0 Å². The number of halogens is 2. The molecule has 0 bridgehead atoms. The Morgan fingerprint density at radius 3 is 2.07 bits per heavy atom. The molecule has 3 aromatic carbocycles. The average molecular weight is 427 g/mol. The largest absolute Gasteiger partial charge is 0.372 e. The van der Waals surface area contributed by atoms with Crippen LogP contribution in [-0.4, -0.2) is 17.2 Å². The molecule has 0 atom stereocenters. The Hall–Kier alpha value is -2.83. The summed E-state index contributed by atoms with van der Waals surface area (Å²) < 4.78 is 13.6. The Morgan fingerprint density at radius 2 is 1.56 bits per heavy atom. The number of hydrogen-bond acceptors (Lipinski definition) is 3. The van der Waals surface area contributed by atoms with E-state index < -0.39 is 17.3 Å². The van der Waals surface area contributed by atoms with Gasteiger partial charge in [0, 0.05) is 0 Å². The van der Waals surface area contributed by atoms with Crippen LogP contribution in [0.4, 0.5) is 4.39 Å². The van der Waals surface area contributed by atoms with Crippen LogP contribution in [0.1, 0.15) is 16.7 Å². The van der Waals surface area contributed by atoms with Crippen molar-refractivity contribution in [3.8, 4) is 0 Å². The van der Waals surface area contributed by atoms with Gasteiger partial charge in [0.1, 0.15) is 5.82 Å². The predicted octanol–water partition coefficient (Wildman–Crippen LogP) is 3.97. The zero-order chi connectivity index (χ0) is 19.3. The van der Waals surface area contributed by atoms with Gasteiger partial charge in [-0.3, -0.25) is 4.79 Å². The fraction of sp³-hybridized carbons (Fsp3) is 0.0476. The summed E-state index contributed by atoms with van der Waals surface area (Å²) in [6.45, 7) is 0. The second-order valence-electron chi connectivity index (χ2n) is 5.82. The number of nitrogens with zero attached hydrogens (tertiary/aromatic N) is 1. The summed E-state index contributed by atoms with van der Waals surface area (Å²) in [6.07, 6.45) is 1.37.